The Balaban J connectivity index is 1.29. The summed E-state index contributed by atoms with van der Waals surface area (Å²) in [5.41, 5.74) is 10.6. The standard InChI is InChI=1S/C34H36N4O4S/c1-19-6-8-20(9-7-19)33(40)38(23-13-11-22(35)12-14-23)28-17-30(43-31(28)34(41)42)21-10-15-24-25(16-21)29(39)18-37-27-5-3-2-4-26(27)36-32(24)37/h2-5,10,15-17,19-20,22-23H,6-9,11-14,18,35H2,1H3,(H,41,42). The van der Waals surface area contributed by atoms with Crippen molar-refractivity contribution in [3.63, 3.8) is 0 Å². The number of hydrogen-bond acceptors (Lipinski definition) is 6. The molecule has 2 aromatic carbocycles. The van der Waals surface area contributed by atoms with Crippen LogP contribution in [-0.2, 0) is 11.3 Å². The van der Waals surface area contributed by atoms with Crippen LogP contribution in [0, 0.1) is 11.8 Å². The number of carboxylic acid groups (broad SMARTS) is 1. The molecule has 1 amide bonds. The molecule has 3 aliphatic rings. The molecule has 0 unspecified atom stereocenters. The van der Waals surface area contributed by atoms with Gasteiger partial charge in [0, 0.05) is 34.0 Å². The highest BCUT2D eigenvalue weighted by Gasteiger charge is 2.37. The Kier molecular flexibility index (Phi) is 7.18. The van der Waals surface area contributed by atoms with Gasteiger partial charge in [-0.3, -0.25) is 9.59 Å². The van der Waals surface area contributed by atoms with Crippen LogP contribution in [0.25, 0.3) is 32.9 Å². The molecule has 222 valence electrons. The second-order valence-corrected chi connectivity index (χ2v) is 13.6. The number of hydrogen-bond donors (Lipinski definition) is 2. The third-order valence-electron chi connectivity index (χ3n) is 9.68. The lowest BCUT2D eigenvalue weighted by Gasteiger charge is -2.39. The number of aromatic nitrogens is 2. The first-order chi connectivity index (χ1) is 20.8. The number of carbonyl (C=O) groups is 3. The zero-order valence-corrected chi connectivity index (χ0v) is 25.1. The Morgan fingerprint density at radius 1 is 0.977 bits per heavy atom. The number of fused-ring (bicyclic) bond motifs is 5. The molecule has 4 aromatic rings. The number of nitrogens with zero attached hydrogens (tertiary/aromatic N) is 3. The summed E-state index contributed by atoms with van der Waals surface area (Å²) in [5.74, 6) is 0.252. The number of ketones is 1. The Labute approximate surface area is 254 Å². The van der Waals surface area contributed by atoms with Crippen LogP contribution in [0.5, 0.6) is 0 Å². The van der Waals surface area contributed by atoms with Crippen molar-refractivity contribution < 1.29 is 19.5 Å². The van der Waals surface area contributed by atoms with Crippen molar-refractivity contribution in [3.05, 3.63) is 59.0 Å². The highest BCUT2D eigenvalue weighted by molar-refractivity contribution is 7.18. The monoisotopic (exact) mass is 596 g/mol. The molecule has 2 fully saturated rings. The van der Waals surface area contributed by atoms with Gasteiger partial charge in [0.1, 0.15) is 10.7 Å². The van der Waals surface area contributed by atoms with Crippen LogP contribution in [0.3, 0.4) is 0 Å². The Morgan fingerprint density at radius 2 is 1.72 bits per heavy atom. The van der Waals surface area contributed by atoms with Crippen LogP contribution in [-0.4, -0.2) is 44.4 Å². The summed E-state index contributed by atoms with van der Waals surface area (Å²) < 4.78 is 1.96. The van der Waals surface area contributed by atoms with E-state index in [1.165, 1.54) is 11.3 Å². The number of amides is 1. The molecule has 0 atom stereocenters. The Morgan fingerprint density at radius 3 is 2.47 bits per heavy atom. The summed E-state index contributed by atoms with van der Waals surface area (Å²) >= 11 is 1.17. The van der Waals surface area contributed by atoms with Crippen molar-refractivity contribution in [1.29, 1.82) is 0 Å². The molecule has 0 saturated heterocycles. The number of aromatic carboxylic acids is 1. The van der Waals surface area contributed by atoms with Crippen LogP contribution in [0.15, 0.2) is 48.5 Å². The van der Waals surface area contributed by atoms with Gasteiger partial charge in [-0.1, -0.05) is 25.1 Å². The number of thiophene rings is 1. The molecule has 0 radical (unpaired) electrons. The van der Waals surface area contributed by atoms with E-state index in [2.05, 4.69) is 6.92 Å². The average Bonchev–Trinajstić information content (AvgIpc) is 3.61. The first-order valence-corrected chi connectivity index (χ1v) is 16.2. The van der Waals surface area contributed by atoms with E-state index < -0.39 is 5.97 Å². The van der Waals surface area contributed by atoms with Gasteiger partial charge in [0.05, 0.1) is 23.3 Å². The Hall–Kier alpha value is -3.82. The third-order valence-corrected chi connectivity index (χ3v) is 10.8. The predicted octanol–water partition coefficient (Wildman–Crippen LogP) is 6.76. The normalized spacial score (nSPS) is 23.5. The second-order valence-electron chi connectivity index (χ2n) is 12.6. The molecule has 9 heteroatoms. The molecule has 3 heterocycles. The zero-order valence-electron chi connectivity index (χ0n) is 24.3. The number of benzene rings is 2. The smallest absolute Gasteiger partial charge is 0.348 e. The van der Waals surface area contributed by atoms with Gasteiger partial charge in [-0.2, -0.15) is 0 Å². The van der Waals surface area contributed by atoms with Crippen molar-refractivity contribution in [2.45, 2.75) is 76.9 Å². The molecule has 0 bridgehead atoms. The van der Waals surface area contributed by atoms with Crippen LogP contribution in [0.1, 0.15) is 78.3 Å². The minimum Gasteiger partial charge on any atom is -0.477 e. The summed E-state index contributed by atoms with van der Waals surface area (Å²) in [5, 5.41) is 10.3. The lowest BCUT2D eigenvalue weighted by Crippen LogP contribution is -2.47. The van der Waals surface area contributed by atoms with E-state index in [9.17, 15) is 19.5 Å². The van der Waals surface area contributed by atoms with Crippen molar-refractivity contribution in [2.24, 2.45) is 17.6 Å². The van der Waals surface area contributed by atoms with Crippen molar-refractivity contribution in [1.82, 2.24) is 9.55 Å². The summed E-state index contributed by atoms with van der Waals surface area (Å²) in [4.78, 5) is 47.7. The summed E-state index contributed by atoms with van der Waals surface area (Å²) in [7, 11) is 0. The number of carboxylic acids is 1. The van der Waals surface area contributed by atoms with E-state index in [1.54, 1.807) is 0 Å². The van der Waals surface area contributed by atoms with E-state index >= 15 is 0 Å². The van der Waals surface area contributed by atoms with Crippen LogP contribution >= 0.6 is 11.3 Å². The largest absolute Gasteiger partial charge is 0.477 e. The fourth-order valence-electron chi connectivity index (χ4n) is 7.21. The molecule has 0 spiro atoms. The highest BCUT2D eigenvalue weighted by atomic mass is 32.1. The zero-order chi connectivity index (χ0) is 29.8. The molecular formula is C34H36N4O4S. The maximum Gasteiger partial charge on any atom is 0.348 e. The fraction of sp³-hybridized carbons (Fsp3) is 0.412. The van der Waals surface area contributed by atoms with Gasteiger partial charge < -0.3 is 20.3 Å². The summed E-state index contributed by atoms with van der Waals surface area (Å²) in [6, 6.07) is 15.4. The topological polar surface area (TPSA) is 119 Å². The summed E-state index contributed by atoms with van der Waals surface area (Å²) in [6.45, 7) is 2.43. The number of rotatable bonds is 5. The lowest BCUT2D eigenvalue weighted by molar-refractivity contribution is -0.124. The number of imidazole rings is 1. The molecule has 7 rings (SSSR count). The number of Topliss-reactive ketones (excluding diaryl/α,β-unsaturated/α-hetero) is 1. The molecule has 8 nitrogen and oxygen atoms in total. The Bertz CT molecular complexity index is 1740. The van der Waals surface area contributed by atoms with E-state index in [4.69, 9.17) is 10.7 Å². The molecule has 3 N–H and O–H groups in total. The average molecular weight is 597 g/mol. The van der Waals surface area contributed by atoms with Gasteiger partial charge in [0.25, 0.3) is 0 Å². The maximum atomic E-state index is 14.2. The van der Waals surface area contributed by atoms with Gasteiger partial charge in [-0.05, 0) is 93.2 Å². The molecule has 1 aliphatic heterocycles. The SMILES string of the molecule is CC1CCC(C(=O)N(c2cc(-c3ccc4c(c3)C(=O)Cn3c-4nc4ccccc43)sc2C(=O)O)C2CCC(N)CC2)CC1. The highest BCUT2D eigenvalue weighted by Crippen LogP contribution is 2.43. The molecule has 2 saturated carbocycles. The molecular weight excluding hydrogens is 560 g/mol. The van der Waals surface area contributed by atoms with E-state index in [0.29, 0.717) is 17.2 Å². The van der Waals surface area contributed by atoms with Crippen LogP contribution in [0.2, 0.25) is 0 Å². The van der Waals surface area contributed by atoms with Gasteiger partial charge in [-0.25, -0.2) is 9.78 Å². The van der Waals surface area contributed by atoms with Gasteiger partial charge in [0.2, 0.25) is 5.91 Å². The quantitative estimate of drug-likeness (QED) is 0.263. The fourth-order valence-corrected chi connectivity index (χ4v) is 8.19. The number of anilines is 1. The van der Waals surface area contributed by atoms with E-state index in [0.717, 1.165) is 84.2 Å². The van der Waals surface area contributed by atoms with Crippen molar-refractivity contribution in [2.75, 3.05) is 4.90 Å². The van der Waals surface area contributed by atoms with Crippen LogP contribution in [0.4, 0.5) is 5.69 Å². The van der Waals surface area contributed by atoms with Gasteiger partial charge >= 0.3 is 5.97 Å². The maximum absolute atomic E-state index is 14.2. The van der Waals surface area contributed by atoms with Gasteiger partial charge in [0.15, 0.2) is 5.78 Å². The predicted molar refractivity (Wildman–Crippen MR) is 169 cm³/mol. The third kappa shape index (κ3) is 4.98. The summed E-state index contributed by atoms with van der Waals surface area (Å²) in [6.07, 6.45) is 6.83. The van der Waals surface area contributed by atoms with Gasteiger partial charge in [-0.15, -0.1) is 11.3 Å². The molecule has 43 heavy (non-hydrogen) atoms. The molecule has 2 aliphatic carbocycles. The van der Waals surface area contributed by atoms with Crippen molar-refractivity contribution >= 4 is 45.7 Å². The minimum atomic E-state index is -1.04. The van der Waals surface area contributed by atoms with Crippen molar-refractivity contribution in [3.8, 4) is 21.8 Å². The van der Waals surface area contributed by atoms with E-state index in [-0.39, 0.29) is 41.1 Å². The molecule has 2 aromatic heterocycles. The van der Waals surface area contributed by atoms with E-state index in [1.807, 2.05) is 58.0 Å². The van der Waals surface area contributed by atoms with Crippen LogP contribution < -0.4 is 10.6 Å². The number of carbonyl (C=O) groups excluding carboxylic acids is 2. The minimum absolute atomic E-state index is 0.00961. The number of nitrogens with two attached hydrogens (primary N) is 1. The first kappa shape index (κ1) is 28.0. The lowest BCUT2D eigenvalue weighted by atomic mass is 9.81. The number of para-hydroxylation sites is 2. The second kappa shape index (κ2) is 11.0. The first-order valence-electron chi connectivity index (χ1n) is 15.4.